The average molecular weight is 523 g/mol. The van der Waals surface area contributed by atoms with Crippen LogP contribution in [0.3, 0.4) is 0 Å². The lowest BCUT2D eigenvalue weighted by Crippen LogP contribution is -2.14. The van der Waals surface area contributed by atoms with E-state index in [1.54, 1.807) is 42.6 Å². The van der Waals surface area contributed by atoms with Gasteiger partial charge in [-0.2, -0.15) is 5.10 Å². The molecule has 2 N–H and O–H groups in total. The Morgan fingerprint density at radius 2 is 1.61 bits per heavy atom. The van der Waals surface area contributed by atoms with Gasteiger partial charge in [-0.1, -0.05) is 12.1 Å². The van der Waals surface area contributed by atoms with Gasteiger partial charge in [0.05, 0.1) is 51.5 Å². The van der Waals surface area contributed by atoms with E-state index in [4.69, 9.17) is 14.2 Å². The van der Waals surface area contributed by atoms with Gasteiger partial charge in [0.1, 0.15) is 0 Å². The Kier molecular flexibility index (Phi) is 7.86. The number of hydrogen-bond acceptors (Lipinski definition) is 6. The van der Waals surface area contributed by atoms with E-state index < -0.39 is 17.5 Å². The molecule has 1 heterocycles. The second-order valence-electron chi connectivity index (χ2n) is 8.07. The first kappa shape index (κ1) is 26.1. The van der Waals surface area contributed by atoms with E-state index in [-0.39, 0.29) is 12.3 Å². The first-order valence-electron chi connectivity index (χ1n) is 11.3. The maximum Gasteiger partial charge on any atom is 0.255 e. The first-order chi connectivity index (χ1) is 18.3. The van der Waals surface area contributed by atoms with Crippen molar-refractivity contribution in [1.29, 1.82) is 0 Å². The minimum atomic E-state index is -1.02. The number of nitrogens with zero attached hydrogens (tertiary/aromatic N) is 2. The zero-order chi connectivity index (χ0) is 27.2. The molecule has 9 nitrogen and oxygen atoms in total. The largest absolute Gasteiger partial charge is 0.493 e. The lowest BCUT2D eigenvalue weighted by atomic mass is 10.1. The zero-order valence-electron chi connectivity index (χ0n) is 20.7. The van der Waals surface area contributed by atoms with E-state index in [1.165, 1.54) is 38.3 Å². The van der Waals surface area contributed by atoms with Crippen LogP contribution in [0.5, 0.6) is 17.2 Å². The highest BCUT2D eigenvalue weighted by atomic mass is 19.2. The summed E-state index contributed by atoms with van der Waals surface area (Å²) in [5.41, 5.74) is 2.10. The van der Waals surface area contributed by atoms with E-state index in [0.29, 0.717) is 45.4 Å². The molecule has 4 rings (SSSR count). The van der Waals surface area contributed by atoms with Crippen molar-refractivity contribution in [3.63, 3.8) is 0 Å². The fraction of sp³-hybridized carbons (Fsp3) is 0.148. The molecule has 3 aromatic carbocycles. The molecule has 4 aromatic rings. The predicted octanol–water partition coefficient (Wildman–Crippen LogP) is 4.61. The molecule has 0 bridgehead atoms. The number of benzene rings is 3. The normalized spacial score (nSPS) is 10.6. The summed E-state index contributed by atoms with van der Waals surface area (Å²) in [7, 11) is 4.45. The summed E-state index contributed by atoms with van der Waals surface area (Å²) >= 11 is 0. The molecule has 0 aliphatic rings. The van der Waals surface area contributed by atoms with Crippen molar-refractivity contribution in [2.75, 3.05) is 32.0 Å². The number of rotatable bonds is 9. The number of anilines is 2. The minimum absolute atomic E-state index is 0.140. The third kappa shape index (κ3) is 5.89. The number of nitrogens with one attached hydrogen (secondary N) is 2. The number of carbonyl (C=O) groups excluding carboxylic acids is 2. The monoisotopic (exact) mass is 522 g/mol. The van der Waals surface area contributed by atoms with Crippen LogP contribution in [0.4, 0.5) is 20.2 Å². The van der Waals surface area contributed by atoms with Crippen LogP contribution in [-0.2, 0) is 11.2 Å². The molecule has 0 radical (unpaired) electrons. The van der Waals surface area contributed by atoms with E-state index in [1.807, 2.05) is 0 Å². The van der Waals surface area contributed by atoms with Crippen molar-refractivity contribution in [1.82, 2.24) is 9.78 Å². The Bertz CT molecular complexity index is 1460. The Hall–Kier alpha value is -4.93. The maximum atomic E-state index is 13.4. The molecular weight excluding hydrogens is 498 g/mol. The maximum absolute atomic E-state index is 13.4. The molecule has 1 aromatic heterocycles. The van der Waals surface area contributed by atoms with Gasteiger partial charge < -0.3 is 24.8 Å². The smallest absolute Gasteiger partial charge is 0.255 e. The fourth-order valence-corrected chi connectivity index (χ4v) is 3.71. The van der Waals surface area contributed by atoms with Gasteiger partial charge in [0.15, 0.2) is 23.1 Å². The summed E-state index contributed by atoms with van der Waals surface area (Å²) in [4.78, 5) is 25.3. The Morgan fingerprint density at radius 1 is 0.868 bits per heavy atom. The molecule has 0 aliphatic heterocycles. The quantitative estimate of drug-likeness (QED) is 0.333. The average Bonchev–Trinajstić information content (AvgIpc) is 3.38. The van der Waals surface area contributed by atoms with Crippen LogP contribution in [0.25, 0.3) is 5.69 Å². The highest BCUT2D eigenvalue weighted by Gasteiger charge is 2.16. The van der Waals surface area contributed by atoms with Crippen LogP contribution in [0.15, 0.2) is 67.0 Å². The molecule has 0 saturated heterocycles. The lowest BCUT2D eigenvalue weighted by molar-refractivity contribution is -0.115. The van der Waals surface area contributed by atoms with Gasteiger partial charge in [0.2, 0.25) is 11.7 Å². The third-order valence-electron chi connectivity index (χ3n) is 5.51. The molecule has 38 heavy (non-hydrogen) atoms. The Labute approximate surface area is 216 Å². The van der Waals surface area contributed by atoms with Gasteiger partial charge in [0, 0.05) is 23.4 Å². The molecule has 11 heteroatoms. The first-order valence-corrected chi connectivity index (χ1v) is 11.3. The summed E-state index contributed by atoms with van der Waals surface area (Å²) in [6.45, 7) is 0. The van der Waals surface area contributed by atoms with Crippen LogP contribution in [0.1, 0.15) is 15.9 Å². The number of ether oxygens (including phenoxy) is 3. The molecule has 0 atom stereocenters. The number of methoxy groups -OCH3 is 3. The van der Waals surface area contributed by atoms with Crippen molar-refractivity contribution >= 4 is 23.2 Å². The predicted molar refractivity (Wildman–Crippen MR) is 136 cm³/mol. The van der Waals surface area contributed by atoms with E-state index >= 15 is 0 Å². The highest BCUT2D eigenvalue weighted by molar-refractivity contribution is 6.05. The van der Waals surface area contributed by atoms with Gasteiger partial charge in [0.25, 0.3) is 5.91 Å². The molecule has 0 aliphatic carbocycles. The van der Waals surface area contributed by atoms with Gasteiger partial charge in [-0.15, -0.1) is 0 Å². The zero-order valence-corrected chi connectivity index (χ0v) is 20.7. The molecule has 0 saturated carbocycles. The SMILES string of the molecule is COc1cc(NC(=O)c2cccc(-n3cc(NC(=O)Cc4ccc(F)c(F)c4)cn3)c2)cc(OC)c1OC. The van der Waals surface area contributed by atoms with Gasteiger partial charge >= 0.3 is 0 Å². The van der Waals surface area contributed by atoms with Crippen LogP contribution in [0, 0.1) is 11.6 Å². The summed E-state index contributed by atoms with van der Waals surface area (Å²) < 4.78 is 43.9. The second-order valence-corrected chi connectivity index (χ2v) is 8.07. The summed E-state index contributed by atoms with van der Waals surface area (Å²) in [6, 6.07) is 13.2. The van der Waals surface area contributed by atoms with Crippen molar-refractivity contribution in [3.8, 4) is 22.9 Å². The number of carbonyl (C=O) groups is 2. The Morgan fingerprint density at radius 3 is 2.26 bits per heavy atom. The number of halogens is 2. The van der Waals surface area contributed by atoms with Crippen LogP contribution in [0.2, 0.25) is 0 Å². The van der Waals surface area contributed by atoms with E-state index in [0.717, 1.165) is 12.1 Å². The van der Waals surface area contributed by atoms with Gasteiger partial charge in [-0.05, 0) is 35.9 Å². The van der Waals surface area contributed by atoms with Crippen molar-refractivity contribution in [3.05, 3.63) is 89.8 Å². The van der Waals surface area contributed by atoms with Crippen LogP contribution in [-0.4, -0.2) is 42.9 Å². The highest BCUT2D eigenvalue weighted by Crippen LogP contribution is 2.40. The number of aromatic nitrogens is 2. The van der Waals surface area contributed by atoms with Crippen LogP contribution >= 0.6 is 0 Å². The number of amides is 2. The molecule has 0 spiro atoms. The molecule has 0 unspecified atom stereocenters. The van der Waals surface area contributed by atoms with E-state index in [9.17, 15) is 18.4 Å². The molecule has 196 valence electrons. The molecule has 2 amide bonds. The molecular formula is C27H24F2N4O5. The standard InChI is InChI=1S/C27H24F2N4O5/c1-36-23-12-18(13-24(37-2)26(23)38-3)32-27(35)17-5-4-6-20(11-17)33-15-19(14-30-33)31-25(34)10-16-7-8-21(28)22(29)9-16/h4-9,11-15H,10H2,1-3H3,(H,31,34)(H,32,35). The second kappa shape index (κ2) is 11.4. The van der Waals surface area contributed by atoms with Crippen molar-refractivity contribution in [2.45, 2.75) is 6.42 Å². The topological polar surface area (TPSA) is 104 Å². The third-order valence-corrected chi connectivity index (χ3v) is 5.51. The van der Waals surface area contributed by atoms with Crippen LogP contribution < -0.4 is 24.8 Å². The lowest BCUT2D eigenvalue weighted by Gasteiger charge is -2.14. The Balaban J connectivity index is 1.46. The van der Waals surface area contributed by atoms with Crippen molar-refractivity contribution in [2.24, 2.45) is 0 Å². The van der Waals surface area contributed by atoms with Crippen molar-refractivity contribution < 1.29 is 32.6 Å². The summed E-state index contributed by atoms with van der Waals surface area (Å²) in [5, 5.41) is 9.71. The minimum Gasteiger partial charge on any atom is -0.493 e. The summed E-state index contributed by atoms with van der Waals surface area (Å²) in [5.74, 6) is -1.60. The number of hydrogen-bond donors (Lipinski definition) is 2. The van der Waals surface area contributed by atoms with Gasteiger partial charge in [-0.25, -0.2) is 13.5 Å². The summed E-state index contributed by atoms with van der Waals surface area (Å²) in [6.07, 6.45) is 2.87. The fourth-order valence-electron chi connectivity index (χ4n) is 3.71. The molecule has 0 fully saturated rings. The van der Waals surface area contributed by atoms with Gasteiger partial charge in [-0.3, -0.25) is 9.59 Å². The van der Waals surface area contributed by atoms with E-state index in [2.05, 4.69) is 15.7 Å².